The van der Waals surface area contributed by atoms with Crippen LogP contribution < -0.4 is 4.72 Å². The van der Waals surface area contributed by atoms with Crippen molar-refractivity contribution in [2.75, 3.05) is 0 Å². The van der Waals surface area contributed by atoms with Crippen LogP contribution in [-0.2, 0) is 23.6 Å². The van der Waals surface area contributed by atoms with E-state index in [0.717, 1.165) is 16.1 Å². The lowest BCUT2D eigenvalue weighted by atomic mass is 10.2. The van der Waals surface area contributed by atoms with Crippen LogP contribution in [0.3, 0.4) is 0 Å². The molecule has 0 fully saturated rings. The van der Waals surface area contributed by atoms with Crippen molar-refractivity contribution in [1.29, 1.82) is 0 Å². The zero-order chi connectivity index (χ0) is 17.0. The SMILES string of the molecule is Cn1nc(CNS(=O)(=O)/C=C/c2ccccc2)cc1-c1cccs1. The molecule has 0 aliphatic heterocycles. The van der Waals surface area contributed by atoms with E-state index in [9.17, 15) is 8.42 Å². The van der Waals surface area contributed by atoms with Crippen molar-refractivity contribution in [2.45, 2.75) is 6.54 Å². The van der Waals surface area contributed by atoms with Gasteiger partial charge in [-0.25, -0.2) is 13.1 Å². The maximum Gasteiger partial charge on any atom is 0.234 e. The van der Waals surface area contributed by atoms with E-state index in [1.165, 1.54) is 5.41 Å². The van der Waals surface area contributed by atoms with E-state index in [-0.39, 0.29) is 6.54 Å². The van der Waals surface area contributed by atoms with Gasteiger partial charge in [-0.15, -0.1) is 11.3 Å². The second kappa shape index (κ2) is 7.12. The highest BCUT2D eigenvalue weighted by molar-refractivity contribution is 7.92. The summed E-state index contributed by atoms with van der Waals surface area (Å²) in [6.45, 7) is 0.153. The Labute approximate surface area is 145 Å². The van der Waals surface area contributed by atoms with Crippen molar-refractivity contribution in [2.24, 2.45) is 7.05 Å². The van der Waals surface area contributed by atoms with Crippen LogP contribution in [-0.4, -0.2) is 18.2 Å². The Balaban J connectivity index is 1.67. The van der Waals surface area contributed by atoms with Gasteiger partial charge in [-0.05, 0) is 29.2 Å². The number of aromatic nitrogens is 2. The molecular formula is C17H17N3O2S2. The number of hydrogen-bond acceptors (Lipinski definition) is 4. The van der Waals surface area contributed by atoms with Crippen molar-refractivity contribution in [3.05, 3.63) is 70.6 Å². The van der Waals surface area contributed by atoms with E-state index < -0.39 is 10.0 Å². The van der Waals surface area contributed by atoms with Crippen LogP contribution in [0.5, 0.6) is 0 Å². The molecule has 1 N–H and O–H groups in total. The molecule has 7 heteroatoms. The second-order valence-corrected chi connectivity index (χ2v) is 7.80. The summed E-state index contributed by atoms with van der Waals surface area (Å²) < 4.78 is 28.4. The van der Waals surface area contributed by atoms with Crippen molar-refractivity contribution in [1.82, 2.24) is 14.5 Å². The third-order valence-electron chi connectivity index (χ3n) is 3.40. The summed E-state index contributed by atoms with van der Waals surface area (Å²) in [5, 5.41) is 7.53. The first-order chi connectivity index (χ1) is 11.5. The van der Waals surface area contributed by atoms with Crippen LogP contribution in [0.4, 0.5) is 0 Å². The summed E-state index contributed by atoms with van der Waals surface area (Å²) in [5.41, 5.74) is 2.48. The molecule has 24 heavy (non-hydrogen) atoms. The molecule has 2 aromatic heterocycles. The molecule has 0 atom stereocenters. The van der Waals surface area contributed by atoms with Crippen molar-refractivity contribution in [3.8, 4) is 10.6 Å². The molecule has 2 heterocycles. The molecular weight excluding hydrogens is 342 g/mol. The molecule has 3 aromatic rings. The normalized spacial score (nSPS) is 12.0. The monoisotopic (exact) mass is 359 g/mol. The number of aryl methyl sites for hydroxylation is 1. The predicted molar refractivity (Wildman–Crippen MR) is 97.8 cm³/mol. The lowest BCUT2D eigenvalue weighted by Crippen LogP contribution is -2.20. The molecule has 0 aliphatic carbocycles. The maximum atomic E-state index is 12.1. The summed E-state index contributed by atoms with van der Waals surface area (Å²) in [5.74, 6) is 0. The summed E-state index contributed by atoms with van der Waals surface area (Å²) in [7, 11) is -1.66. The lowest BCUT2D eigenvalue weighted by Gasteiger charge is -2.00. The van der Waals surface area contributed by atoms with Crippen LogP contribution in [0.2, 0.25) is 0 Å². The number of nitrogens with zero attached hydrogens (tertiary/aromatic N) is 2. The highest BCUT2D eigenvalue weighted by atomic mass is 32.2. The largest absolute Gasteiger partial charge is 0.267 e. The van der Waals surface area contributed by atoms with Gasteiger partial charge in [-0.3, -0.25) is 4.68 Å². The topological polar surface area (TPSA) is 64.0 Å². The molecule has 5 nitrogen and oxygen atoms in total. The Morgan fingerprint density at radius 2 is 2.00 bits per heavy atom. The summed E-state index contributed by atoms with van der Waals surface area (Å²) in [4.78, 5) is 1.10. The molecule has 0 radical (unpaired) electrons. The first-order valence-electron chi connectivity index (χ1n) is 7.33. The molecule has 0 spiro atoms. The first-order valence-corrected chi connectivity index (χ1v) is 9.76. The van der Waals surface area contributed by atoms with Crippen LogP contribution in [0, 0.1) is 0 Å². The predicted octanol–water partition coefficient (Wildman–Crippen LogP) is 3.24. The van der Waals surface area contributed by atoms with Gasteiger partial charge in [0.25, 0.3) is 0 Å². The number of sulfonamides is 1. The van der Waals surface area contributed by atoms with Gasteiger partial charge in [0.05, 0.1) is 22.8 Å². The molecule has 0 unspecified atom stereocenters. The number of thiophene rings is 1. The molecule has 0 saturated carbocycles. The van der Waals surface area contributed by atoms with Gasteiger partial charge in [-0.2, -0.15) is 5.10 Å². The Hall–Kier alpha value is -2.22. The van der Waals surface area contributed by atoms with Gasteiger partial charge in [0.2, 0.25) is 10.0 Å². The average Bonchev–Trinajstić information content (AvgIpc) is 3.22. The van der Waals surface area contributed by atoms with E-state index in [1.807, 2.05) is 61.0 Å². The summed E-state index contributed by atoms with van der Waals surface area (Å²) in [6.07, 6.45) is 1.57. The van der Waals surface area contributed by atoms with E-state index in [1.54, 1.807) is 22.1 Å². The van der Waals surface area contributed by atoms with Crippen molar-refractivity contribution >= 4 is 27.4 Å². The zero-order valence-corrected chi connectivity index (χ0v) is 14.7. The fourth-order valence-corrected chi connectivity index (χ4v) is 3.78. The molecule has 0 aliphatic rings. The van der Waals surface area contributed by atoms with Gasteiger partial charge in [-0.1, -0.05) is 36.4 Å². The fraction of sp³-hybridized carbons (Fsp3) is 0.118. The minimum absolute atomic E-state index is 0.153. The van der Waals surface area contributed by atoms with Gasteiger partial charge < -0.3 is 0 Å². The summed E-state index contributed by atoms with van der Waals surface area (Å²) in [6, 6.07) is 15.2. The fourth-order valence-electron chi connectivity index (χ4n) is 2.22. The maximum absolute atomic E-state index is 12.1. The molecule has 124 valence electrons. The molecule has 0 amide bonds. The quantitative estimate of drug-likeness (QED) is 0.735. The summed E-state index contributed by atoms with van der Waals surface area (Å²) >= 11 is 1.62. The number of nitrogens with one attached hydrogen (secondary N) is 1. The van der Waals surface area contributed by atoms with E-state index >= 15 is 0 Å². The van der Waals surface area contributed by atoms with Crippen LogP contribution in [0.15, 0.2) is 59.3 Å². The number of hydrogen-bond donors (Lipinski definition) is 1. The third-order valence-corrected chi connectivity index (χ3v) is 5.33. The van der Waals surface area contributed by atoms with E-state index in [2.05, 4.69) is 9.82 Å². The van der Waals surface area contributed by atoms with E-state index in [4.69, 9.17) is 0 Å². The molecule has 1 aromatic carbocycles. The Bertz CT molecular complexity index is 928. The highest BCUT2D eigenvalue weighted by Crippen LogP contribution is 2.24. The van der Waals surface area contributed by atoms with Crippen LogP contribution in [0.1, 0.15) is 11.3 Å². The Morgan fingerprint density at radius 1 is 1.21 bits per heavy atom. The number of rotatable bonds is 6. The van der Waals surface area contributed by atoms with Gasteiger partial charge in [0, 0.05) is 12.5 Å². The van der Waals surface area contributed by atoms with Gasteiger partial charge in [0.15, 0.2) is 0 Å². The van der Waals surface area contributed by atoms with Crippen LogP contribution >= 0.6 is 11.3 Å². The third kappa shape index (κ3) is 4.19. The molecule has 0 bridgehead atoms. The van der Waals surface area contributed by atoms with Crippen molar-refractivity contribution in [3.63, 3.8) is 0 Å². The van der Waals surface area contributed by atoms with Gasteiger partial charge in [0.1, 0.15) is 0 Å². The first kappa shape index (κ1) is 16.6. The molecule has 0 saturated heterocycles. The minimum Gasteiger partial charge on any atom is -0.267 e. The van der Waals surface area contributed by atoms with Gasteiger partial charge >= 0.3 is 0 Å². The average molecular weight is 359 g/mol. The second-order valence-electron chi connectivity index (χ2n) is 5.20. The van der Waals surface area contributed by atoms with Crippen LogP contribution in [0.25, 0.3) is 16.6 Å². The van der Waals surface area contributed by atoms with Crippen molar-refractivity contribution < 1.29 is 8.42 Å². The van der Waals surface area contributed by atoms with E-state index in [0.29, 0.717) is 5.69 Å². The lowest BCUT2D eigenvalue weighted by molar-refractivity contribution is 0.589. The Morgan fingerprint density at radius 3 is 2.71 bits per heavy atom. The standard InChI is InChI=1S/C17H17N3O2S2/c1-20-16(17-8-5-10-23-17)12-15(19-20)13-18-24(21,22)11-9-14-6-3-2-4-7-14/h2-12,18H,13H2,1H3/b11-9+. The molecule has 3 rings (SSSR count). The zero-order valence-electron chi connectivity index (χ0n) is 13.1. The Kier molecular flexibility index (Phi) is 4.94. The smallest absolute Gasteiger partial charge is 0.234 e. The number of benzene rings is 1. The highest BCUT2D eigenvalue weighted by Gasteiger charge is 2.11. The minimum atomic E-state index is -3.51.